The molecule has 3 heterocycles. The number of H-pyrrole nitrogens is 2. The normalized spacial score (nSPS) is 12.3. The second-order valence-corrected chi connectivity index (χ2v) is 10.5. The Morgan fingerprint density at radius 1 is 1.00 bits per heavy atom. The number of benzene rings is 2. The fraction of sp³-hybridized carbons (Fsp3) is 0.267. The number of carbonyl (C=O) groups is 2. The predicted octanol–water partition coefficient (Wildman–Crippen LogP) is 5.41. The van der Waals surface area contributed by atoms with Crippen LogP contribution in [-0.4, -0.2) is 57.6 Å². The minimum Gasteiger partial charge on any atom is -0.490 e. The molecule has 3 N–H and O–H groups in total. The maximum Gasteiger partial charge on any atom is 0.408 e. The molecule has 206 valence electrons. The van der Waals surface area contributed by atoms with Gasteiger partial charge in [0.2, 0.25) is 0 Å². The standard InChI is InChI=1S/C30H31N5O5/c1-30(2,3)40-29(37)33-21(11-20-15-32-25-8-6-5-7-23(20)25)17-39-22-12-19(14-31-16-22)18-9-10-26-24(13-18)27(35-34-26)28(36)38-4/h5-10,12-16,21,32H,11,17H2,1-4H3,(H,33,37)(H,34,35)/t21-/m0/s1. The van der Waals surface area contributed by atoms with Crippen LogP contribution in [0.2, 0.25) is 0 Å². The number of para-hydroxylation sites is 1. The summed E-state index contributed by atoms with van der Waals surface area (Å²) in [5, 5.41) is 11.6. The maximum absolute atomic E-state index is 12.6. The monoisotopic (exact) mass is 541 g/mol. The first kappa shape index (κ1) is 26.7. The van der Waals surface area contributed by atoms with Crippen LogP contribution in [0.3, 0.4) is 0 Å². The minimum absolute atomic E-state index is 0.192. The SMILES string of the molecule is COC(=O)c1n[nH]c2ccc(-c3cncc(OC[C@H](Cc4c[nH]c5ccccc45)NC(=O)OC(C)(C)C)c3)cc12. The van der Waals surface area contributed by atoms with Crippen LogP contribution >= 0.6 is 0 Å². The lowest BCUT2D eigenvalue weighted by Crippen LogP contribution is -2.43. The van der Waals surface area contributed by atoms with E-state index in [4.69, 9.17) is 14.2 Å². The average Bonchev–Trinajstić information content (AvgIpc) is 3.54. The zero-order valence-electron chi connectivity index (χ0n) is 22.8. The van der Waals surface area contributed by atoms with Crippen molar-refractivity contribution in [1.29, 1.82) is 0 Å². The smallest absolute Gasteiger partial charge is 0.408 e. The lowest BCUT2D eigenvalue weighted by Gasteiger charge is -2.24. The molecule has 5 rings (SSSR count). The number of aromatic amines is 2. The van der Waals surface area contributed by atoms with Crippen molar-refractivity contribution < 1.29 is 23.8 Å². The van der Waals surface area contributed by atoms with Gasteiger partial charge in [-0.2, -0.15) is 5.10 Å². The molecule has 10 heteroatoms. The molecule has 0 radical (unpaired) electrons. The zero-order chi connectivity index (χ0) is 28.3. The van der Waals surface area contributed by atoms with Crippen LogP contribution in [0.1, 0.15) is 36.8 Å². The summed E-state index contributed by atoms with van der Waals surface area (Å²) in [7, 11) is 1.32. The van der Waals surface area contributed by atoms with Gasteiger partial charge in [0.25, 0.3) is 0 Å². The van der Waals surface area contributed by atoms with Crippen molar-refractivity contribution >= 4 is 33.9 Å². The molecule has 0 unspecified atom stereocenters. The van der Waals surface area contributed by atoms with Crippen molar-refractivity contribution in [2.24, 2.45) is 0 Å². The number of rotatable bonds is 8. The van der Waals surface area contributed by atoms with Crippen LogP contribution < -0.4 is 10.1 Å². The number of alkyl carbamates (subject to hydrolysis) is 1. The topological polar surface area (TPSA) is 131 Å². The highest BCUT2D eigenvalue weighted by Crippen LogP contribution is 2.28. The Morgan fingerprint density at radius 2 is 1.82 bits per heavy atom. The Balaban J connectivity index is 1.36. The number of ether oxygens (including phenoxy) is 3. The molecule has 0 fully saturated rings. The third kappa shape index (κ3) is 6.06. The summed E-state index contributed by atoms with van der Waals surface area (Å²) in [5.74, 6) is 0.0187. The van der Waals surface area contributed by atoms with E-state index in [1.54, 1.807) is 12.4 Å². The number of hydrogen-bond acceptors (Lipinski definition) is 7. The molecule has 0 spiro atoms. The average molecular weight is 542 g/mol. The highest BCUT2D eigenvalue weighted by molar-refractivity contribution is 6.03. The Morgan fingerprint density at radius 3 is 2.62 bits per heavy atom. The van der Waals surface area contributed by atoms with Crippen LogP contribution in [-0.2, 0) is 15.9 Å². The number of hydrogen-bond donors (Lipinski definition) is 3. The number of nitrogens with one attached hydrogen (secondary N) is 3. The predicted molar refractivity (Wildman–Crippen MR) is 151 cm³/mol. The molecular weight excluding hydrogens is 510 g/mol. The first-order valence-corrected chi connectivity index (χ1v) is 12.9. The van der Waals surface area contributed by atoms with E-state index in [2.05, 4.69) is 25.5 Å². The van der Waals surface area contributed by atoms with E-state index in [-0.39, 0.29) is 18.3 Å². The summed E-state index contributed by atoms with van der Waals surface area (Å²) in [4.78, 5) is 32.4. The van der Waals surface area contributed by atoms with Gasteiger partial charge in [0.15, 0.2) is 5.69 Å². The summed E-state index contributed by atoms with van der Waals surface area (Å²) < 4.78 is 16.5. The largest absolute Gasteiger partial charge is 0.490 e. The molecule has 0 aliphatic rings. The van der Waals surface area contributed by atoms with Gasteiger partial charge >= 0.3 is 12.1 Å². The van der Waals surface area contributed by atoms with E-state index in [1.807, 2.05) is 75.5 Å². The van der Waals surface area contributed by atoms with Gasteiger partial charge in [0.1, 0.15) is 18.0 Å². The molecular formula is C30H31N5O5. The fourth-order valence-corrected chi connectivity index (χ4v) is 4.49. The van der Waals surface area contributed by atoms with Gasteiger partial charge in [-0.3, -0.25) is 10.1 Å². The number of fused-ring (bicyclic) bond motifs is 2. The van der Waals surface area contributed by atoms with Crippen molar-refractivity contribution in [1.82, 2.24) is 25.5 Å². The fourth-order valence-electron chi connectivity index (χ4n) is 4.49. The first-order chi connectivity index (χ1) is 19.2. The van der Waals surface area contributed by atoms with Crippen LogP contribution in [0.4, 0.5) is 4.79 Å². The minimum atomic E-state index is -0.627. The lowest BCUT2D eigenvalue weighted by molar-refractivity contribution is 0.0487. The second kappa shape index (κ2) is 11.1. The second-order valence-electron chi connectivity index (χ2n) is 10.5. The number of methoxy groups -OCH3 is 1. The highest BCUT2D eigenvalue weighted by Gasteiger charge is 2.22. The summed E-state index contributed by atoms with van der Waals surface area (Å²) in [5.41, 5.74) is 4.02. The van der Waals surface area contributed by atoms with Crippen LogP contribution in [0.25, 0.3) is 32.9 Å². The van der Waals surface area contributed by atoms with Crippen molar-refractivity contribution in [3.05, 3.63) is 78.4 Å². The van der Waals surface area contributed by atoms with Crippen molar-refractivity contribution in [3.8, 4) is 16.9 Å². The summed E-state index contributed by atoms with van der Waals surface area (Å²) in [6, 6.07) is 15.1. The molecule has 0 bridgehead atoms. The summed E-state index contributed by atoms with van der Waals surface area (Å²) in [6.07, 6.45) is 5.31. The van der Waals surface area contributed by atoms with Gasteiger partial charge < -0.3 is 24.5 Å². The van der Waals surface area contributed by atoms with Crippen LogP contribution in [0.15, 0.2) is 67.1 Å². The third-order valence-corrected chi connectivity index (χ3v) is 6.30. The number of pyridine rings is 1. The van der Waals surface area contributed by atoms with E-state index < -0.39 is 17.7 Å². The third-order valence-electron chi connectivity index (χ3n) is 6.30. The van der Waals surface area contributed by atoms with Gasteiger partial charge in [-0.1, -0.05) is 24.3 Å². The van der Waals surface area contributed by atoms with E-state index in [9.17, 15) is 9.59 Å². The summed E-state index contributed by atoms with van der Waals surface area (Å²) >= 11 is 0. The van der Waals surface area contributed by atoms with E-state index in [0.29, 0.717) is 17.6 Å². The molecule has 0 saturated carbocycles. The van der Waals surface area contributed by atoms with Crippen LogP contribution in [0, 0.1) is 0 Å². The number of aromatic nitrogens is 4. The van der Waals surface area contributed by atoms with Gasteiger partial charge in [-0.15, -0.1) is 0 Å². The molecule has 3 aromatic heterocycles. The number of nitrogens with zero attached hydrogens (tertiary/aromatic N) is 2. The lowest BCUT2D eigenvalue weighted by atomic mass is 10.0. The van der Waals surface area contributed by atoms with E-state index in [0.717, 1.165) is 33.1 Å². The number of esters is 1. The van der Waals surface area contributed by atoms with E-state index >= 15 is 0 Å². The molecule has 2 aromatic carbocycles. The van der Waals surface area contributed by atoms with Crippen LogP contribution in [0.5, 0.6) is 5.75 Å². The van der Waals surface area contributed by atoms with Gasteiger partial charge in [0.05, 0.1) is 24.9 Å². The molecule has 0 aliphatic heterocycles. The van der Waals surface area contributed by atoms with Crippen molar-refractivity contribution in [3.63, 3.8) is 0 Å². The Bertz CT molecular complexity index is 1670. The van der Waals surface area contributed by atoms with Crippen molar-refractivity contribution in [2.75, 3.05) is 13.7 Å². The van der Waals surface area contributed by atoms with Crippen molar-refractivity contribution in [2.45, 2.75) is 38.8 Å². The van der Waals surface area contributed by atoms with Gasteiger partial charge in [-0.05, 0) is 62.6 Å². The van der Waals surface area contributed by atoms with Gasteiger partial charge in [-0.25, -0.2) is 9.59 Å². The molecule has 0 saturated heterocycles. The molecule has 0 aliphatic carbocycles. The molecule has 1 amide bonds. The molecule has 1 atom stereocenters. The molecule has 40 heavy (non-hydrogen) atoms. The summed E-state index contributed by atoms with van der Waals surface area (Å²) in [6.45, 7) is 5.66. The van der Waals surface area contributed by atoms with Gasteiger partial charge in [0, 0.05) is 34.2 Å². The highest BCUT2D eigenvalue weighted by atomic mass is 16.6. The molecule has 5 aromatic rings. The Kier molecular flexibility index (Phi) is 7.41. The molecule has 10 nitrogen and oxygen atoms in total. The number of amides is 1. The quantitative estimate of drug-likeness (QED) is 0.224. The van der Waals surface area contributed by atoms with E-state index in [1.165, 1.54) is 7.11 Å². The maximum atomic E-state index is 12.6. The Hall–Kier alpha value is -4.86. The first-order valence-electron chi connectivity index (χ1n) is 12.9. The Labute approximate surface area is 231 Å². The number of carbonyl (C=O) groups excluding carboxylic acids is 2. The zero-order valence-corrected chi connectivity index (χ0v) is 22.8.